The van der Waals surface area contributed by atoms with E-state index in [2.05, 4.69) is 34.6 Å². The van der Waals surface area contributed by atoms with Gasteiger partial charge >= 0.3 is 5.97 Å². The topological polar surface area (TPSA) is 26.3 Å². The molecule has 3 heteroatoms. The molecule has 0 saturated heterocycles. The highest BCUT2D eigenvalue weighted by Gasteiger charge is 2.78. The normalized spacial score (nSPS) is 49.7. The van der Waals surface area contributed by atoms with Crippen LogP contribution in [0.1, 0.15) is 105 Å². The van der Waals surface area contributed by atoms with Gasteiger partial charge in [0.15, 0.2) is 0 Å². The van der Waals surface area contributed by atoms with E-state index in [-0.39, 0.29) is 23.4 Å². The van der Waals surface area contributed by atoms with Gasteiger partial charge in [0.1, 0.15) is 12.0 Å². The Morgan fingerprint density at radius 2 is 1.81 bits per heavy atom. The van der Waals surface area contributed by atoms with Crippen LogP contribution in [0.2, 0.25) is 0 Å². The predicted molar refractivity (Wildman–Crippen MR) is 131 cm³/mol. The summed E-state index contributed by atoms with van der Waals surface area (Å²) in [5, 5.41) is 0. The average molecular weight is 463 g/mol. The molecule has 32 heavy (non-hydrogen) atoms. The van der Waals surface area contributed by atoms with Crippen LogP contribution >= 0.6 is 11.6 Å². The summed E-state index contributed by atoms with van der Waals surface area (Å²) in [6, 6.07) is 0. The molecule has 0 aromatic carbocycles. The molecule has 10 atom stereocenters. The number of ether oxygens (including phenoxy) is 1. The zero-order valence-corrected chi connectivity index (χ0v) is 22.1. The van der Waals surface area contributed by atoms with Crippen molar-refractivity contribution in [2.24, 2.45) is 57.7 Å². The van der Waals surface area contributed by atoms with Gasteiger partial charge < -0.3 is 4.74 Å². The van der Waals surface area contributed by atoms with Crippen LogP contribution in [0.3, 0.4) is 0 Å². The van der Waals surface area contributed by atoms with Crippen molar-refractivity contribution in [2.45, 2.75) is 111 Å². The molecule has 0 heterocycles. The third-order valence-corrected chi connectivity index (χ3v) is 12.3. The first-order valence-corrected chi connectivity index (χ1v) is 14.5. The number of alkyl halides is 1. The number of hydrogen-bond acceptors (Lipinski definition) is 2. The van der Waals surface area contributed by atoms with E-state index < -0.39 is 0 Å². The standard InChI is InChI=1S/C29H47ClO2/c1-18(2)7-6-8-19(3)22-9-10-23-21-15-25(32-26(31)17-30)29-16-20(29)11-14-28(29,5)24(21)12-13-27(22,23)4/h18-25H,6-17H2,1-5H3/t19-,20+,21-,22-,23+,24+,25-,27-,28+,29-/m0/s1. The van der Waals surface area contributed by atoms with Crippen molar-refractivity contribution in [2.75, 3.05) is 5.88 Å². The van der Waals surface area contributed by atoms with Crippen molar-refractivity contribution in [3.8, 4) is 0 Å². The maximum atomic E-state index is 12.3. The third-order valence-electron chi connectivity index (χ3n) is 12.1. The van der Waals surface area contributed by atoms with Crippen LogP contribution in [0.4, 0.5) is 0 Å². The first-order chi connectivity index (χ1) is 15.2. The van der Waals surface area contributed by atoms with Gasteiger partial charge in [0.25, 0.3) is 0 Å². The lowest BCUT2D eigenvalue weighted by Gasteiger charge is -2.60. The monoisotopic (exact) mass is 462 g/mol. The van der Waals surface area contributed by atoms with Gasteiger partial charge in [0.05, 0.1) is 0 Å². The van der Waals surface area contributed by atoms with Crippen molar-refractivity contribution >= 4 is 17.6 Å². The minimum Gasteiger partial charge on any atom is -0.461 e. The van der Waals surface area contributed by atoms with Crippen LogP contribution in [0.5, 0.6) is 0 Å². The molecule has 0 aromatic heterocycles. The van der Waals surface area contributed by atoms with Crippen LogP contribution in [-0.4, -0.2) is 18.0 Å². The number of halogens is 1. The number of esters is 1. The second-order valence-corrected chi connectivity index (χ2v) is 13.9. The lowest BCUT2D eigenvalue weighted by Crippen LogP contribution is -2.57. The van der Waals surface area contributed by atoms with Gasteiger partial charge in [-0.2, -0.15) is 0 Å². The van der Waals surface area contributed by atoms with E-state index in [1.807, 2.05) is 0 Å². The second-order valence-electron chi connectivity index (χ2n) is 13.7. The summed E-state index contributed by atoms with van der Waals surface area (Å²) in [7, 11) is 0. The van der Waals surface area contributed by atoms with Crippen molar-refractivity contribution < 1.29 is 9.53 Å². The summed E-state index contributed by atoms with van der Waals surface area (Å²) >= 11 is 5.90. The van der Waals surface area contributed by atoms with Crippen molar-refractivity contribution in [1.29, 1.82) is 0 Å². The predicted octanol–water partition coefficient (Wildman–Crippen LogP) is 7.87. The zero-order chi connectivity index (χ0) is 22.9. The maximum Gasteiger partial charge on any atom is 0.321 e. The molecule has 0 aliphatic heterocycles. The Hall–Kier alpha value is -0.240. The maximum absolute atomic E-state index is 12.3. The Labute approximate surface area is 202 Å². The molecule has 0 N–H and O–H groups in total. The quantitative estimate of drug-likeness (QED) is 0.284. The summed E-state index contributed by atoms with van der Waals surface area (Å²) in [4.78, 5) is 12.3. The molecule has 2 nitrogen and oxygen atoms in total. The van der Waals surface area contributed by atoms with Gasteiger partial charge in [-0.1, -0.05) is 53.9 Å². The molecule has 5 fully saturated rings. The Morgan fingerprint density at radius 3 is 2.50 bits per heavy atom. The average Bonchev–Trinajstić information content (AvgIpc) is 3.26. The Bertz CT molecular complexity index is 735. The second kappa shape index (κ2) is 8.17. The van der Waals surface area contributed by atoms with Gasteiger partial charge in [0, 0.05) is 5.41 Å². The first-order valence-electron chi connectivity index (χ1n) is 13.9. The molecule has 5 saturated carbocycles. The van der Waals surface area contributed by atoms with Crippen molar-refractivity contribution in [3.63, 3.8) is 0 Å². The van der Waals surface area contributed by atoms with E-state index in [9.17, 15) is 4.79 Å². The van der Waals surface area contributed by atoms with Gasteiger partial charge in [-0.25, -0.2) is 0 Å². The summed E-state index contributed by atoms with van der Waals surface area (Å²) in [6.07, 6.45) is 15.1. The molecule has 182 valence electrons. The number of hydrogen-bond donors (Lipinski definition) is 0. The van der Waals surface area contributed by atoms with Crippen LogP contribution in [0.15, 0.2) is 0 Å². The van der Waals surface area contributed by atoms with E-state index in [0.717, 1.165) is 47.8 Å². The summed E-state index contributed by atoms with van der Waals surface area (Å²) in [5.74, 6) is 5.56. The number of carbonyl (C=O) groups excluding carboxylic acids is 1. The van der Waals surface area contributed by atoms with Crippen LogP contribution < -0.4 is 0 Å². The molecular weight excluding hydrogens is 416 g/mol. The van der Waals surface area contributed by atoms with Crippen LogP contribution in [-0.2, 0) is 9.53 Å². The molecule has 1 spiro atoms. The molecule has 0 amide bonds. The van der Waals surface area contributed by atoms with E-state index >= 15 is 0 Å². The summed E-state index contributed by atoms with van der Waals surface area (Å²) < 4.78 is 6.17. The number of fused-ring (bicyclic) bond motifs is 4. The highest BCUT2D eigenvalue weighted by molar-refractivity contribution is 6.26. The van der Waals surface area contributed by atoms with Gasteiger partial charge in [0.2, 0.25) is 0 Å². The zero-order valence-electron chi connectivity index (χ0n) is 21.3. The van der Waals surface area contributed by atoms with E-state index in [1.165, 1.54) is 64.2 Å². The number of carbonyl (C=O) groups is 1. The molecule has 0 unspecified atom stereocenters. The lowest BCUT2D eigenvalue weighted by atomic mass is 9.45. The SMILES string of the molecule is CC(C)CCC[C@H](C)[C@@H]1CC[C@@H]2[C@@H]3C[C@H](OC(=O)CCl)[C@]45C[C@H]4CC[C@]5(C)[C@@H]3CC[C@]21C. The Kier molecular flexibility index (Phi) is 6.00. The van der Waals surface area contributed by atoms with Crippen molar-refractivity contribution in [1.82, 2.24) is 0 Å². The molecule has 5 aliphatic carbocycles. The highest BCUT2D eigenvalue weighted by atomic mass is 35.5. The molecule has 5 rings (SSSR count). The fourth-order valence-corrected chi connectivity index (χ4v) is 10.7. The lowest BCUT2D eigenvalue weighted by molar-refractivity contribution is -0.182. The fraction of sp³-hybridized carbons (Fsp3) is 0.966. The Morgan fingerprint density at radius 1 is 1.03 bits per heavy atom. The van der Waals surface area contributed by atoms with Gasteiger partial charge in [-0.05, 0) is 104 Å². The van der Waals surface area contributed by atoms with E-state index in [4.69, 9.17) is 16.3 Å². The first kappa shape index (κ1) is 23.5. The molecular formula is C29H47ClO2. The fourth-order valence-electron chi connectivity index (χ4n) is 10.6. The minimum absolute atomic E-state index is 0.000827. The highest BCUT2D eigenvalue weighted by Crippen LogP contribution is 2.82. The van der Waals surface area contributed by atoms with Crippen LogP contribution in [0, 0.1) is 57.7 Å². The van der Waals surface area contributed by atoms with Gasteiger partial charge in [-0.15, -0.1) is 11.6 Å². The summed E-state index contributed by atoms with van der Waals surface area (Å²) in [6.45, 7) is 12.5. The third kappa shape index (κ3) is 3.27. The van der Waals surface area contributed by atoms with E-state index in [1.54, 1.807) is 0 Å². The van der Waals surface area contributed by atoms with Crippen molar-refractivity contribution in [3.05, 3.63) is 0 Å². The molecule has 0 bridgehead atoms. The molecule has 5 aliphatic rings. The molecule has 0 radical (unpaired) electrons. The minimum atomic E-state index is -0.189. The Balaban J connectivity index is 1.37. The van der Waals surface area contributed by atoms with E-state index in [0.29, 0.717) is 10.8 Å². The largest absolute Gasteiger partial charge is 0.461 e. The number of rotatable bonds is 7. The van der Waals surface area contributed by atoms with Gasteiger partial charge in [-0.3, -0.25) is 4.79 Å². The molecule has 0 aromatic rings. The summed E-state index contributed by atoms with van der Waals surface area (Å²) in [5.41, 5.74) is 1.15. The van der Waals surface area contributed by atoms with Crippen LogP contribution in [0.25, 0.3) is 0 Å². The smallest absolute Gasteiger partial charge is 0.321 e.